The Morgan fingerprint density at radius 3 is 2.26 bits per heavy atom. The van der Waals surface area contributed by atoms with Crippen LogP contribution in [0.1, 0.15) is 27.0 Å². The maximum atomic E-state index is 12.7. The third-order valence-corrected chi connectivity index (χ3v) is 5.95. The lowest BCUT2D eigenvalue weighted by molar-refractivity contribution is -0.917. The number of piperazine rings is 1. The Balaban J connectivity index is 1.56. The number of quaternary nitrogens is 1. The highest BCUT2D eigenvalue weighted by Gasteiger charge is 2.24. The molecule has 0 bridgehead atoms. The van der Waals surface area contributed by atoms with Crippen LogP contribution in [0.4, 0.5) is 0 Å². The van der Waals surface area contributed by atoms with E-state index in [0.29, 0.717) is 11.1 Å². The molecular formula is C21H27N2O3S+. The van der Waals surface area contributed by atoms with Crippen molar-refractivity contribution in [2.75, 3.05) is 32.4 Å². The van der Waals surface area contributed by atoms with E-state index in [1.54, 1.807) is 24.3 Å². The van der Waals surface area contributed by atoms with Crippen molar-refractivity contribution in [3.05, 3.63) is 70.8 Å². The van der Waals surface area contributed by atoms with Crippen molar-refractivity contribution in [2.24, 2.45) is 0 Å². The smallest absolute Gasteiger partial charge is 0.254 e. The second-order valence-electron chi connectivity index (χ2n) is 7.41. The highest BCUT2D eigenvalue weighted by molar-refractivity contribution is 7.89. The fourth-order valence-corrected chi connectivity index (χ4v) is 4.31. The highest BCUT2D eigenvalue weighted by Crippen LogP contribution is 2.11. The summed E-state index contributed by atoms with van der Waals surface area (Å²) in [5.74, 6) is 0.0263. The summed E-state index contributed by atoms with van der Waals surface area (Å²) in [6.45, 7) is 6.49. The lowest BCUT2D eigenvalue weighted by Crippen LogP contribution is -3.13. The lowest BCUT2D eigenvalue weighted by atomic mass is 10.1. The van der Waals surface area contributed by atoms with E-state index in [2.05, 4.69) is 31.2 Å². The van der Waals surface area contributed by atoms with Crippen LogP contribution in [0, 0.1) is 6.92 Å². The summed E-state index contributed by atoms with van der Waals surface area (Å²) < 4.78 is 22.7. The van der Waals surface area contributed by atoms with Gasteiger partial charge in [-0.1, -0.05) is 36.4 Å². The van der Waals surface area contributed by atoms with Gasteiger partial charge in [-0.05, 0) is 30.2 Å². The van der Waals surface area contributed by atoms with Gasteiger partial charge in [0.25, 0.3) is 5.91 Å². The number of amides is 1. The quantitative estimate of drug-likeness (QED) is 0.835. The Hall–Kier alpha value is -2.18. The van der Waals surface area contributed by atoms with Crippen LogP contribution < -0.4 is 4.90 Å². The second-order valence-corrected chi connectivity index (χ2v) is 9.55. The van der Waals surface area contributed by atoms with Gasteiger partial charge in [-0.25, -0.2) is 8.42 Å². The number of nitrogens with one attached hydrogen (secondary N) is 1. The van der Waals surface area contributed by atoms with Crippen LogP contribution in [-0.2, 0) is 22.1 Å². The zero-order chi connectivity index (χ0) is 19.4. The summed E-state index contributed by atoms with van der Waals surface area (Å²) in [5, 5.41) is 0. The summed E-state index contributed by atoms with van der Waals surface area (Å²) in [6.07, 6.45) is 1.21. The summed E-state index contributed by atoms with van der Waals surface area (Å²) in [6, 6.07) is 15.4. The van der Waals surface area contributed by atoms with Gasteiger partial charge in [0, 0.05) is 17.4 Å². The number of nitrogens with zero attached hydrogens (tertiary/aromatic N) is 1. The molecule has 1 amide bonds. The van der Waals surface area contributed by atoms with E-state index in [0.717, 1.165) is 32.7 Å². The average molecular weight is 388 g/mol. The van der Waals surface area contributed by atoms with E-state index in [1.165, 1.54) is 22.3 Å². The number of hydrogen-bond donors (Lipinski definition) is 1. The largest absolute Gasteiger partial charge is 0.328 e. The Morgan fingerprint density at radius 1 is 1.04 bits per heavy atom. The molecule has 0 unspecified atom stereocenters. The van der Waals surface area contributed by atoms with Crippen LogP contribution in [0.15, 0.2) is 48.5 Å². The first-order valence-corrected chi connectivity index (χ1v) is 11.3. The maximum Gasteiger partial charge on any atom is 0.254 e. The Kier molecular flexibility index (Phi) is 5.97. The van der Waals surface area contributed by atoms with Crippen molar-refractivity contribution < 1.29 is 18.1 Å². The molecule has 1 saturated heterocycles. The Labute approximate surface area is 161 Å². The first-order valence-electron chi connectivity index (χ1n) is 9.26. The maximum absolute atomic E-state index is 12.7. The van der Waals surface area contributed by atoms with Gasteiger partial charge in [0.15, 0.2) is 9.84 Å². The summed E-state index contributed by atoms with van der Waals surface area (Å²) in [5.41, 5.74) is 4.02. The number of rotatable bonds is 5. The lowest BCUT2D eigenvalue weighted by Gasteiger charge is -2.32. The molecule has 2 aromatic rings. The fraction of sp³-hybridized carbons (Fsp3) is 0.381. The molecule has 6 heteroatoms. The van der Waals surface area contributed by atoms with Crippen LogP contribution >= 0.6 is 0 Å². The third kappa shape index (κ3) is 5.40. The summed E-state index contributed by atoms with van der Waals surface area (Å²) >= 11 is 0. The van der Waals surface area contributed by atoms with Crippen molar-refractivity contribution in [3.8, 4) is 0 Å². The molecule has 5 nitrogen and oxygen atoms in total. The Bertz CT molecular complexity index is 899. The van der Waals surface area contributed by atoms with Crippen LogP contribution in [0.25, 0.3) is 0 Å². The molecule has 0 spiro atoms. The van der Waals surface area contributed by atoms with Crippen molar-refractivity contribution in [3.63, 3.8) is 0 Å². The minimum atomic E-state index is -3.06. The van der Waals surface area contributed by atoms with Gasteiger partial charge in [0.2, 0.25) is 0 Å². The fourth-order valence-electron chi connectivity index (χ4n) is 3.51. The highest BCUT2D eigenvalue weighted by atomic mass is 32.2. The molecule has 144 valence electrons. The van der Waals surface area contributed by atoms with Crippen molar-refractivity contribution in [1.82, 2.24) is 4.90 Å². The van der Waals surface area contributed by atoms with E-state index in [9.17, 15) is 13.2 Å². The van der Waals surface area contributed by atoms with Crippen LogP contribution in [0.5, 0.6) is 0 Å². The van der Waals surface area contributed by atoms with E-state index in [1.807, 2.05) is 4.90 Å². The number of aryl methyl sites for hydroxylation is 1. The van der Waals surface area contributed by atoms with Crippen LogP contribution in [0.2, 0.25) is 0 Å². The van der Waals surface area contributed by atoms with Gasteiger partial charge >= 0.3 is 0 Å². The normalized spacial score (nSPS) is 15.7. The van der Waals surface area contributed by atoms with E-state index >= 15 is 0 Å². The summed E-state index contributed by atoms with van der Waals surface area (Å²) in [4.78, 5) is 16.1. The van der Waals surface area contributed by atoms with Crippen LogP contribution in [-0.4, -0.2) is 51.7 Å². The van der Waals surface area contributed by atoms with Crippen molar-refractivity contribution in [1.29, 1.82) is 0 Å². The predicted molar refractivity (Wildman–Crippen MR) is 106 cm³/mol. The van der Waals surface area contributed by atoms with E-state index in [-0.39, 0.29) is 11.7 Å². The molecule has 1 aliphatic rings. The molecule has 0 saturated carbocycles. The van der Waals surface area contributed by atoms with Gasteiger partial charge < -0.3 is 9.80 Å². The standard InChI is InChI=1S/C21H26N2O3S/c1-17-5-3-4-6-20(17)15-22-11-13-23(14-12-22)21(24)19-9-7-18(8-10-19)16-27(2,25)26/h3-10H,11-16H2,1-2H3/p+1. The van der Waals surface area contributed by atoms with E-state index < -0.39 is 9.84 Å². The molecule has 1 N–H and O–H groups in total. The zero-order valence-electron chi connectivity index (χ0n) is 15.9. The molecule has 1 heterocycles. The first kappa shape index (κ1) is 19.6. The predicted octanol–water partition coefficient (Wildman–Crippen LogP) is 1.08. The molecule has 0 aromatic heterocycles. The van der Waals surface area contributed by atoms with Gasteiger partial charge in [-0.2, -0.15) is 0 Å². The van der Waals surface area contributed by atoms with Gasteiger partial charge in [0.1, 0.15) is 6.54 Å². The SMILES string of the molecule is Cc1ccccc1C[NH+]1CCN(C(=O)c2ccc(CS(C)(=O)=O)cc2)CC1. The molecule has 3 rings (SSSR count). The monoisotopic (exact) mass is 387 g/mol. The Morgan fingerprint density at radius 2 is 1.67 bits per heavy atom. The third-order valence-electron chi connectivity index (χ3n) is 5.09. The topological polar surface area (TPSA) is 58.9 Å². The molecule has 1 aliphatic heterocycles. The zero-order valence-corrected chi connectivity index (χ0v) is 16.8. The molecule has 2 aromatic carbocycles. The minimum Gasteiger partial charge on any atom is -0.328 e. The first-order chi connectivity index (χ1) is 12.8. The van der Waals surface area contributed by atoms with Gasteiger partial charge in [0.05, 0.1) is 31.9 Å². The number of hydrogen-bond acceptors (Lipinski definition) is 3. The molecule has 27 heavy (non-hydrogen) atoms. The minimum absolute atomic E-state index is 0.00239. The molecule has 0 atom stereocenters. The van der Waals surface area contributed by atoms with Crippen molar-refractivity contribution in [2.45, 2.75) is 19.2 Å². The molecule has 0 aliphatic carbocycles. The van der Waals surface area contributed by atoms with Crippen LogP contribution in [0.3, 0.4) is 0 Å². The second kappa shape index (κ2) is 8.23. The number of carbonyl (C=O) groups excluding carboxylic acids is 1. The van der Waals surface area contributed by atoms with Crippen molar-refractivity contribution >= 4 is 15.7 Å². The number of sulfone groups is 1. The number of benzene rings is 2. The number of carbonyl (C=O) groups is 1. The van der Waals surface area contributed by atoms with Gasteiger partial charge in [-0.15, -0.1) is 0 Å². The average Bonchev–Trinajstić information content (AvgIpc) is 2.63. The van der Waals surface area contributed by atoms with Gasteiger partial charge in [-0.3, -0.25) is 4.79 Å². The summed E-state index contributed by atoms with van der Waals surface area (Å²) in [7, 11) is -3.06. The van der Waals surface area contributed by atoms with E-state index in [4.69, 9.17) is 0 Å². The molecule has 1 fully saturated rings. The molecule has 0 radical (unpaired) electrons. The molecular weight excluding hydrogens is 360 g/mol.